The fourth-order valence-corrected chi connectivity index (χ4v) is 6.95. The molecule has 9 rings (SSSR count). The van der Waals surface area contributed by atoms with E-state index in [-0.39, 0.29) is 0 Å². The Bertz CT molecular complexity index is 2610. The van der Waals surface area contributed by atoms with Gasteiger partial charge in [0, 0.05) is 32.8 Å². The first kappa shape index (κ1) is 25.7. The smallest absolute Gasteiger partial charge is 0.0979 e. The third kappa shape index (κ3) is 4.05. The Hall–Kier alpha value is -5.80. The number of aromatic nitrogens is 3. The van der Waals surface area contributed by atoms with Crippen molar-refractivity contribution in [3.63, 3.8) is 0 Å². The van der Waals surface area contributed by atoms with Crippen molar-refractivity contribution in [3.05, 3.63) is 151 Å². The number of nitrogens with zero attached hydrogens (tertiary/aromatic N) is 3. The highest BCUT2D eigenvalue weighted by atomic mass is 15.0. The van der Waals surface area contributed by atoms with E-state index < -0.39 is 0 Å². The van der Waals surface area contributed by atoms with E-state index in [4.69, 9.17) is 9.97 Å². The van der Waals surface area contributed by atoms with Crippen LogP contribution in [0.2, 0.25) is 0 Å². The van der Waals surface area contributed by atoms with Gasteiger partial charge in [0.1, 0.15) is 0 Å². The molecule has 3 nitrogen and oxygen atoms in total. The normalized spacial score (nSPS) is 11.8. The van der Waals surface area contributed by atoms with E-state index in [0.717, 1.165) is 38.6 Å². The maximum Gasteiger partial charge on any atom is 0.0979 e. The number of rotatable bonds is 3. The van der Waals surface area contributed by atoms with Gasteiger partial charge < -0.3 is 4.57 Å². The Balaban J connectivity index is 1.21. The van der Waals surface area contributed by atoms with Gasteiger partial charge in [-0.1, -0.05) is 108 Å². The zero-order valence-electron chi connectivity index (χ0n) is 25.1. The van der Waals surface area contributed by atoms with Gasteiger partial charge in [-0.05, 0) is 72.1 Å². The van der Waals surface area contributed by atoms with Crippen LogP contribution < -0.4 is 0 Å². The molecular weight excluding hydrogens is 546 g/mol. The van der Waals surface area contributed by atoms with Gasteiger partial charge in [0.25, 0.3) is 0 Å². The highest BCUT2D eigenvalue weighted by Crippen LogP contribution is 2.37. The molecule has 0 saturated heterocycles. The Morgan fingerprint density at radius 2 is 1.11 bits per heavy atom. The summed E-state index contributed by atoms with van der Waals surface area (Å²) in [5.41, 5.74) is 12.2. The molecule has 0 aliphatic carbocycles. The highest BCUT2D eigenvalue weighted by molar-refractivity contribution is 6.23. The Morgan fingerprint density at radius 1 is 0.444 bits per heavy atom. The van der Waals surface area contributed by atoms with Gasteiger partial charge in [0.15, 0.2) is 0 Å². The molecule has 0 aliphatic rings. The zero-order chi connectivity index (χ0) is 30.1. The number of hydrogen-bond acceptors (Lipinski definition) is 2. The van der Waals surface area contributed by atoms with Gasteiger partial charge in [-0.15, -0.1) is 0 Å². The molecule has 212 valence electrons. The summed E-state index contributed by atoms with van der Waals surface area (Å²) < 4.78 is 2.35. The molecule has 0 amide bonds. The Morgan fingerprint density at radius 3 is 1.91 bits per heavy atom. The summed E-state index contributed by atoms with van der Waals surface area (Å²) >= 11 is 0. The number of aryl methyl sites for hydroxylation is 2. The van der Waals surface area contributed by atoms with Crippen LogP contribution in [0.3, 0.4) is 0 Å². The molecule has 2 heterocycles. The summed E-state index contributed by atoms with van der Waals surface area (Å²) in [5.74, 6) is 0. The zero-order valence-corrected chi connectivity index (χ0v) is 25.1. The van der Waals surface area contributed by atoms with E-state index >= 15 is 0 Å². The highest BCUT2D eigenvalue weighted by Gasteiger charge is 2.15. The fourth-order valence-electron chi connectivity index (χ4n) is 6.95. The van der Waals surface area contributed by atoms with Crippen molar-refractivity contribution in [1.82, 2.24) is 14.5 Å². The molecule has 0 radical (unpaired) electrons. The third-order valence-electron chi connectivity index (χ3n) is 9.10. The predicted molar refractivity (Wildman–Crippen MR) is 189 cm³/mol. The number of hydrogen-bond donors (Lipinski definition) is 0. The topological polar surface area (TPSA) is 30.7 Å². The standard InChI is InChI=1S/C42H29N3/c1-26-15-18-33-35(21-26)36-22-27(2)16-19-34(36)42-41(33)43-25-38(44-42)30-10-8-9-28(23-30)29-17-20-40-37(24-29)32-13-6-7-14-39(32)45(40)31-11-4-3-5-12-31/h3-25H,1-2H3. The molecule has 45 heavy (non-hydrogen) atoms. The molecule has 0 aliphatic heterocycles. The van der Waals surface area contributed by atoms with Crippen LogP contribution in [0, 0.1) is 13.8 Å². The van der Waals surface area contributed by atoms with Crippen LogP contribution in [0.15, 0.2) is 140 Å². The van der Waals surface area contributed by atoms with Gasteiger partial charge in [0.2, 0.25) is 0 Å². The molecule has 0 fully saturated rings. The second-order valence-corrected chi connectivity index (χ2v) is 12.1. The van der Waals surface area contributed by atoms with Crippen LogP contribution in [0.5, 0.6) is 0 Å². The lowest BCUT2D eigenvalue weighted by molar-refractivity contribution is 1.18. The monoisotopic (exact) mass is 575 g/mol. The molecule has 0 atom stereocenters. The quantitative estimate of drug-likeness (QED) is 0.196. The molecule has 0 unspecified atom stereocenters. The largest absolute Gasteiger partial charge is 0.309 e. The van der Waals surface area contributed by atoms with Crippen molar-refractivity contribution in [1.29, 1.82) is 0 Å². The first-order valence-electron chi connectivity index (χ1n) is 15.4. The summed E-state index contributed by atoms with van der Waals surface area (Å²) in [6.45, 7) is 4.29. The average molecular weight is 576 g/mol. The molecule has 0 spiro atoms. The summed E-state index contributed by atoms with van der Waals surface area (Å²) in [4.78, 5) is 10.3. The maximum absolute atomic E-state index is 5.27. The molecule has 0 N–H and O–H groups in total. The molecule has 2 aromatic heterocycles. The van der Waals surface area contributed by atoms with Gasteiger partial charge in [-0.2, -0.15) is 0 Å². The molecule has 3 heteroatoms. The average Bonchev–Trinajstić information content (AvgIpc) is 3.42. The second-order valence-electron chi connectivity index (χ2n) is 12.1. The molecule has 7 aromatic carbocycles. The van der Waals surface area contributed by atoms with Crippen molar-refractivity contribution in [2.75, 3.05) is 0 Å². The first-order chi connectivity index (χ1) is 22.1. The van der Waals surface area contributed by atoms with Crippen LogP contribution in [-0.4, -0.2) is 14.5 Å². The van der Waals surface area contributed by atoms with Gasteiger partial charge in [0.05, 0.1) is 34.0 Å². The van der Waals surface area contributed by atoms with Crippen molar-refractivity contribution in [2.24, 2.45) is 0 Å². The molecule has 9 aromatic rings. The lowest BCUT2D eigenvalue weighted by Crippen LogP contribution is -1.93. The van der Waals surface area contributed by atoms with Crippen LogP contribution in [0.25, 0.3) is 82.5 Å². The van der Waals surface area contributed by atoms with Crippen molar-refractivity contribution < 1.29 is 0 Å². The van der Waals surface area contributed by atoms with Gasteiger partial charge >= 0.3 is 0 Å². The van der Waals surface area contributed by atoms with Crippen molar-refractivity contribution in [2.45, 2.75) is 13.8 Å². The SMILES string of the molecule is Cc1ccc2c(c1)c1cc(C)ccc1c1nc(-c3cccc(-c4ccc5c(c4)c4ccccc4n5-c4ccccc4)c3)cnc21. The Labute approximate surface area is 261 Å². The third-order valence-corrected chi connectivity index (χ3v) is 9.10. The summed E-state index contributed by atoms with van der Waals surface area (Å²) in [7, 11) is 0. The van der Waals surface area contributed by atoms with E-state index in [0.29, 0.717) is 0 Å². The lowest BCUT2D eigenvalue weighted by atomic mass is 9.96. The van der Waals surface area contributed by atoms with E-state index in [9.17, 15) is 0 Å². The Kier molecular flexibility index (Phi) is 5.63. The van der Waals surface area contributed by atoms with Crippen molar-refractivity contribution >= 4 is 54.4 Å². The second kappa shape index (κ2) is 9.87. The van der Waals surface area contributed by atoms with Crippen LogP contribution in [-0.2, 0) is 0 Å². The van der Waals surface area contributed by atoms with E-state index in [2.05, 4.69) is 152 Å². The first-order valence-corrected chi connectivity index (χ1v) is 15.4. The van der Waals surface area contributed by atoms with E-state index in [1.807, 2.05) is 6.20 Å². The summed E-state index contributed by atoms with van der Waals surface area (Å²) in [6, 6.07) is 48.0. The summed E-state index contributed by atoms with van der Waals surface area (Å²) in [6.07, 6.45) is 1.93. The van der Waals surface area contributed by atoms with Gasteiger partial charge in [-0.3, -0.25) is 4.98 Å². The number of fused-ring (bicyclic) bond motifs is 9. The number of benzene rings is 7. The minimum atomic E-state index is 0.874. The van der Waals surface area contributed by atoms with E-state index in [1.165, 1.54) is 55.0 Å². The minimum Gasteiger partial charge on any atom is -0.309 e. The lowest BCUT2D eigenvalue weighted by Gasteiger charge is -2.12. The predicted octanol–water partition coefficient (Wildman–Crippen LogP) is 11.0. The molecular formula is C42H29N3. The maximum atomic E-state index is 5.27. The van der Waals surface area contributed by atoms with Gasteiger partial charge in [-0.25, -0.2) is 4.98 Å². The van der Waals surface area contributed by atoms with Crippen LogP contribution >= 0.6 is 0 Å². The van der Waals surface area contributed by atoms with Crippen LogP contribution in [0.1, 0.15) is 11.1 Å². The summed E-state index contributed by atoms with van der Waals surface area (Å²) in [5, 5.41) is 7.23. The minimum absolute atomic E-state index is 0.874. The molecule has 0 saturated carbocycles. The number of para-hydroxylation sites is 2. The van der Waals surface area contributed by atoms with Crippen LogP contribution in [0.4, 0.5) is 0 Å². The van der Waals surface area contributed by atoms with E-state index in [1.54, 1.807) is 0 Å². The van der Waals surface area contributed by atoms with Crippen molar-refractivity contribution in [3.8, 4) is 28.1 Å². The molecule has 0 bridgehead atoms. The fraction of sp³-hybridized carbons (Fsp3) is 0.0476.